The zero-order chi connectivity index (χ0) is 7.90. The average Bonchev–Trinajstić information content (AvgIpc) is 1.84. The van der Waals surface area contributed by atoms with Crippen LogP contribution >= 0.6 is 0 Å². The van der Waals surface area contributed by atoms with Gasteiger partial charge in [-0.1, -0.05) is 6.92 Å². The standard InChI is InChI=1S/C9H18N2/c1-8-3-4-10-9(5-8)6-11(2)7-9/h8,10H,3-7H2,1-2H3. The van der Waals surface area contributed by atoms with Crippen molar-refractivity contribution in [1.29, 1.82) is 0 Å². The van der Waals surface area contributed by atoms with Crippen LogP contribution in [0.15, 0.2) is 0 Å². The molecule has 2 aliphatic heterocycles. The van der Waals surface area contributed by atoms with Crippen molar-refractivity contribution in [2.24, 2.45) is 5.92 Å². The van der Waals surface area contributed by atoms with Crippen molar-refractivity contribution in [3.05, 3.63) is 0 Å². The van der Waals surface area contributed by atoms with E-state index in [0.29, 0.717) is 5.54 Å². The summed E-state index contributed by atoms with van der Waals surface area (Å²) < 4.78 is 0. The average molecular weight is 154 g/mol. The summed E-state index contributed by atoms with van der Waals surface area (Å²) in [6, 6.07) is 0. The Morgan fingerprint density at radius 1 is 1.45 bits per heavy atom. The monoisotopic (exact) mass is 154 g/mol. The maximum atomic E-state index is 3.65. The minimum Gasteiger partial charge on any atom is -0.309 e. The van der Waals surface area contributed by atoms with Crippen molar-refractivity contribution in [2.45, 2.75) is 25.3 Å². The molecule has 0 bridgehead atoms. The van der Waals surface area contributed by atoms with Gasteiger partial charge in [-0.3, -0.25) is 0 Å². The number of likely N-dealkylation sites (tertiary alicyclic amines) is 1. The predicted molar refractivity (Wildman–Crippen MR) is 46.6 cm³/mol. The number of nitrogens with zero attached hydrogens (tertiary/aromatic N) is 1. The third-order valence-corrected chi connectivity index (χ3v) is 3.02. The summed E-state index contributed by atoms with van der Waals surface area (Å²) in [5.41, 5.74) is 0.520. The number of piperidine rings is 1. The highest BCUT2D eigenvalue weighted by Gasteiger charge is 2.43. The predicted octanol–water partition coefficient (Wildman–Crippen LogP) is 0.690. The summed E-state index contributed by atoms with van der Waals surface area (Å²) in [4.78, 5) is 2.39. The molecule has 0 aliphatic carbocycles. The van der Waals surface area contributed by atoms with Crippen LogP contribution in [0.2, 0.25) is 0 Å². The quantitative estimate of drug-likeness (QED) is 0.552. The third kappa shape index (κ3) is 1.30. The number of nitrogens with one attached hydrogen (secondary N) is 1. The molecule has 0 aromatic heterocycles. The summed E-state index contributed by atoms with van der Waals surface area (Å²) in [5.74, 6) is 0.935. The lowest BCUT2D eigenvalue weighted by Crippen LogP contribution is -2.70. The van der Waals surface area contributed by atoms with Crippen molar-refractivity contribution >= 4 is 0 Å². The van der Waals surface area contributed by atoms with Crippen LogP contribution in [0.4, 0.5) is 0 Å². The number of likely N-dealkylation sites (N-methyl/N-ethyl adjacent to an activating group) is 1. The first kappa shape index (κ1) is 7.56. The van der Waals surface area contributed by atoms with Gasteiger partial charge in [0.1, 0.15) is 0 Å². The van der Waals surface area contributed by atoms with Gasteiger partial charge in [0.15, 0.2) is 0 Å². The van der Waals surface area contributed by atoms with Gasteiger partial charge in [0.05, 0.1) is 0 Å². The molecule has 1 spiro atoms. The SMILES string of the molecule is CC1CCNC2(C1)CN(C)C2. The smallest absolute Gasteiger partial charge is 0.0439 e. The Hall–Kier alpha value is -0.0800. The zero-order valence-corrected chi connectivity index (χ0v) is 7.56. The largest absolute Gasteiger partial charge is 0.309 e. The Balaban J connectivity index is 1.93. The van der Waals surface area contributed by atoms with Crippen molar-refractivity contribution in [3.8, 4) is 0 Å². The van der Waals surface area contributed by atoms with E-state index in [-0.39, 0.29) is 0 Å². The first-order valence-electron chi connectivity index (χ1n) is 4.64. The molecule has 0 aromatic carbocycles. The second kappa shape index (κ2) is 2.46. The fourth-order valence-electron chi connectivity index (χ4n) is 2.65. The molecule has 1 unspecified atom stereocenters. The molecule has 11 heavy (non-hydrogen) atoms. The van der Waals surface area contributed by atoms with Crippen LogP contribution in [0.1, 0.15) is 19.8 Å². The molecule has 1 N–H and O–H groups in total. The van der Waals surface area contributed by atoms with Crippen molar-refractivity contribution in [3.63, 3.8) is 0 Å². The summed E-state index contributed by atoms with van der Waals surface area (Å²) in [7, 11) is 2.20. The summed E-state index contributed by atoms with van der Waals surface area (Å²) in [6.07, 6.45) is 2.75. The molecule has 0 aromatic rings. The Morgan fingerprint density at radius 3 is 2.73 bits per heavy atom. The van der Waals surface area contributed by atoms with Gasteiger partial charge in [-0.05, 0) is 32.4 Å². The second-order valence-corrected chi connectivity index (χ2v) is 4.48. The molecule has 2 nitrogen and oxygen atoms in total. The van der Waals surface area contributed by atoms with E-state index in [1.165, 1.54) is 32.5 Å². The van der Waals surface area contributed by atoms with Gasteiger partial charge in [-0.25, -0.2) is 0 Å². The molecule has 1 atom stereocenters. The lowest BCUT2D eigenvalue weighted by molar-refractivity contribution is 0.0277. The number of hydrogen-bond acceptors (Lipinski definition) is 2. The van der Waals surface area contributed by atoms with E-state index in [9.17, 15) is 0 Å². The molecular weight excluding hydrogens is 136 g/mol. The van der Waals surface area contributed by atoms with Gasteiger partial charge < -0.3 is 10.2 Å². The molecule has 2 rings (SSSR count). The topological polar surface area (TPSA) is 15.3 Å². The summed E-state index contributed by atoms with van der Waals surface area (Å²) in [6.45, 7) is 6.13. The lowest BCUT2D eigenvalue weighted by Gasteiger charge is -2.53. The van der Waals surface area contributed by atoms with Gasteiger partial charge in [0, 0.05) is 18.6 Å². The van der Waals surface area contributed by atoms with E-state index >= 15 is 0 Å². The van der Waals surface area contributed by atoms with Gasteiger partial charge in [0.2, 0.25) is 0 Å². The van der Waals surface area contributed by atoms with Crippen LogP contribution in [0.3, 0.4) is 0 Å². The van der Waals surface area contributed by atoms with Gasteiger partial charge >= 0.3 is 0 Å². The van der Waals surface area contributed by atoms with Crippen LogP contribution in [-0.4, -0.2) is 37.1 Å². The molecule has 2 heterocycles. The Labute approximate surface area is 69.0 Å². The normalized spacial score (nSPS) is 37.1. The summed E-state index contributed by atoms with van der Waals surface area (Å²) in [5, 5.41) is 3.65. The summed E-state index contributed by atoms with van der Waals surface area (Å²) >= 11 is 0. The van der Waals surface area contributed by atoms with E-state index in [1.54, 1.807) is 0 Å². The van der Waals surface area contributed by atoms with E-state index in [4.69, 9.17) is 0 Å². The minimum absolute atomic E-state index is 0.520. The molecule has 2 aliphatic rings. The molecular formula is C9H18N2. The Kier molecular flexibility index (Phi) is 1.69. The van der Waals surface area contributed by atoms with Gasteiger partial charge in [-0.15, -0.1) is 0 Å². The molecule has 64 valence electrons. The Bertz CT molecular complexity index is 144. The maximum absolute atomic E-state index is 3.65. The van der Waals surface area contributed by atoms with Crippen molar-refractivity contribution in [2.75, 3.05) is 26.7 Å². The second-order valence-electron chi connectivity index (χ2n) is 4.48. The van der Waals surface area contributed by atoms with Crippen LogP contribution in [0.25, 0.3) is 0 Å². The maximum Gasteiger partial charge on any atom is 0.0439 e. The Morgan fingerprint density at radius 2 is 2.18 bits per heavy atom. The van der Waals surface area contributed by atoms with E-state index in [2.05, 4.69) is 24.2 Å². The highest BCUT2D eigenvalue weighted by atomic mass is 15.3. The zero-order valence-electron chi connectivity index (χ0n) is 7.56. The lowest BCUT2D eigenvalue weighted by atomic mass is 9.78. The fraction of sp³-hybridized carbons (Fsp3) is 1.00. The first-order chi connectivity index (χ1) is 5.20. The van der Waals surface area contributed by atoms with Crippen molar-refractivity contribution < 1.29 is 0 Å². The number of rotatable bonds is 0. The van der Waals surface area contributed by atoms with Crippen LogP contribution in [-0.2, 0) is 0 Å². The van der Waals surface area contributed by atoms with E-state index < -0.39 is 0 Å². The van der Waals surface area contributed by atoms with Gasteiger partial charge in [0.25, 0.3) is 0 Å². The van der Waals surface area contributed by atoms with E-state index in [0.717, 1.165) is 5.92 Å². The highest BCUT2D eigenvalue weighted by Crippen LogP contribution is 2.31. The van der Waals surface area contributed by atoms with E-state index in [1.807, 2.05) is 0 Å². The minimum atomic E-state index is 0.520. The van der Waals surface area contributed by atoms with Gasteiger partial charge in [-0.2, -0.15) is 0 Å². The van der Waals surface area contributed by atoms with Crippen LogP contribution in [0.5, 0.6) is 0 Å². The third-order valence-electron chi connectivity index (χ3n) is 3.02. The van der Waals surface area contributed by atoms with Crippen LogP contribution in [0, 0.1) is 5.92 Å². The first-order valence-corrected chi connectivity index (χ1v) is 4.64. The number of hydrogen-bond donors (Lipinski definition) is 1. The highest BCUT2D eigenvalue weighted by molar-refractivity contribution is 5.03. The molecule has 2 saturated heterocycles. The fourth-order valence-corrected chi connectivity index (χ4v) is 2.65. The molecule has 2 heteroatoms. The molecule has 0 amide bonds. The van der Waals surface area contributed by atoms with Crippen molar-refractivity contribution in [1.82, 2.24) is 10.2 Å². The molecule has 2 fully saturated rings. The molecule has 0 radical (unpaired) electrons. The molecule has 0 saturated carbocycles. The van der Waals surface area contributed by atoms with Crippen LogP contribution < -0.4 is 5.32 Å².